The zero-order chi connectivity index (χ0) is 10.0. The Balaban J connectivity index is 3.05. The maximum absolute atomic E-state index is 9.72. The highest BCUT2D eigenvalue weighted by atomic mass is 35.5. The Kier molecular flexibility index (Phi) is 3.12. The maximum Gasteiger partial charge on any atom is 0.129 e. The number of nitrogen functional groups attached to an aromatic ring is 1. The molecule has 1 atom stereocenters. The summed E-state index contributed by atoms with van der Waals surface area (Å²) in [5, 5.41) is 10.2. The van der Waals surface area contributed by atoms with E-state index < -0.39 is 6.10 Å². The SMILES string of the molecule is CC(C)C(O)c1cc(Cl)cnc1N. The van der Waals surface area contributed by atoms with Crippen molar-refractivity contribution in [3.8, 4) is 0 Å². The maximum atomic E-state index is 9.72. The molecule has 72 valence electrons. The average molecular weight is 201 g/mol. The van der Waals surface area contributed by atoms with Crippen LogP contribution in [0.15, 0.2) is 12.3 Å². The lowest BCUT2D eigenvalue weighted by Gasteiger charge is -2.16. The van der Waals surface area contributed by atoms with Gasteiger partial charge in [-0.2, -0.15) is 0 Å². The van der Waals surface area contributed by atoms with Crippen molar-refractivity contribution in [1.82, 2.24) is 4.98 Å². The van der Waals surface area contributed by atoms with Gasteiger partial charge in [0, 0.05) is 11.8 Å². The third-order valence-corrected chi connectivity index (χ3v) is 2.07. The molecule has 3 N–H and O–H groups in total. The summed E-state index contributed by atoms with van der Waals surface area (Å²) in [4.78, 5) is 3.87. The van der Waals surface area contributed by atoms with Crippen LogP contribution in [0.1, 0.15) is 25.5 Å². The van der Waals surface area contributed by atoms with E-state index >= 15 is 0 Å². The van der Waals surface area contributed by atoms with Crippen LogP contribution in [0, 0.1) is 5.92 Å². The average Bonchev–Trinajstić information content (AvgIpc) is 2.08. The molecular formula is C9H13ClN2O. The predicted molar refractivity (Wildman–Crippen MR) is 53.5 cm³/mol. The molecule has 13 heavy (non-hydrogen) atoms. The fourth-order valence-electron chi connectivity index (χ4n) is 1.06. The third kappa shape index (κ3) is 2.32. The fourth-order valence-corrected chi connectivity index (χ4v) is 1.23. The minimum atomic E-state index is -0.605. The summed E-state index contributed by atoms with van der Waals surface area (Å²) < 4.78 is 0. The molecule has 0 amide bonds. The van der Waals surface area contributed by atoms with E-state index in [0.717, 1.165) is 0 Å². The third-order valence-electron chi connectivity index (χ3n) is 1.87. The van der Waals surface area contributed by atoms with Crippen molar-refractivity contribution in [2.75, 3.05) is 5.73 Å². The zero-order valence-electron chi connectivity index (χ0n) is 7.66. The van der Waals surface area contributed by atoms with Crippen molar-refractivity contribution < 1.29 is 5.11 Å². The molecule has 0 radical (unpaired) electrons. The van der Waals surface area contributed by atoms with Crippen molar-refractivity contribution in [3.63, 3.8) is 0 Å². The van der Waals surface area contributed by atoms with E-state index in [1.807, 2.05) is 13.8 Å². The van der Waals surface area contributed by atoms with Crippen molar-refractivity contribution >= 4 is 17.4 Å². The molecule has 1 rings (SSSR count). The number of rotatable bonds is 2. The molecule has 3 nitrogen and oxygen atoms in total. The highest BCUT2D eigenvalue weighted by Crippen LogP contribution is 2.26. The van der Waals surface area contributed by atoms with Gasteiger partial charge in [-0.15, -0.1) is 0 Å². The lowest BCUT2D eigenvalue weighted by atomic mass is 10.00. The summed E-state index contributed by atoms with van der Waals surface area (Å²) >= 11 is 5.74. The number of nitrogens with zero attached hydrogens (tertiary/aromatic N) is 1. The van der Waals surface area contributed by atoms with Gasteiger partial charge in [0.1, 0.15) is 5.82 Å². The van der Waals surface area contributed by atoms with Gasteiger partial charge in [0.2, 0.25) is 0 Å². The molecular weight excluding hydrogens is 188 g/mol. The molecule has 4 heteroatoms. The van der Waals surface area contributed by atoms with E-state index in [-0.39, 0.29) is 5.92 Å². The molecule has 0 aliphatic rings. The van der Waals surface area contributed by atoms with Crippen LogP contribution in [0.5, 0.6) is 0 Å². The standard InChI is InChI=1S/C9H13ClN2O/c1-5(2)8(13)7-3-6(10)4-12-9(7)11/h3-5,8,13H,1-2H3,(H2,11,12). The van der Waals surface area contributed by atoms with Crippen LogP contribution in [-0.4, -0.2) is 10.1 Å². The summed E-state index contributed by atoms with van der Waals surface area (Å²) in [7, 11) is 0. The van der Waals surface area contributed by atoms with Crippen molar-refractivity contribution in [3.05, 3.63) is 22.8 Å². The largest absolute Gasteiger partial charge is 0.388 e. The molecule has 1 heterocycles. The first-order chi connectivity index (χ1) is 6.02. The number of pyridine rings is 1. The van der Waals surface area contributed by atoms with Crippen LogP contribution in [0.25, 0.3) is 0 Å². The molecule has 0 aliphatic carbocycles. The van der Waals surface area contributed by atoms with Crippen LogP contribution >= 0.6 is 11.6 Å². The second-order valence-electron chi connectivity index (χ2n) is 3.32. The van der Waals surface area contributed by atoms with Gasteiger partial charge in [-0.25, -0.2) is 4.98 Å². The smallest absolute Gasteiger partial charge is 0.129 e. The van der Waals surface area contributed by atoms with Crippen molar-refractivity contribution in [2.45, 2.75) is 20.0 Å². The molecule has 0 fully saturated rings. The molecule has 0 bridgehead atoms. The van der Waals surface area contributed by atoms with Gasteiger partial charge in [-0.05, 0) is 12.0 Å². The van der Waals surface area contributed by atoms with E-state index in [9.17, 15) is 5.11 Å². The minimum Gasteiger partial charge on any atom is -0.388 e. The first-order valence-electron chi connectivity index (χ1n) is 4.11. The first-order valence-corrected chi connectivity index (χ1v) is 4.49. The molecule has 0 saturated heterocycles. The zero-order valence-corrected chi connectivity index (χ0v) is 8.42. The van der Waals surface area contributed by atoms with Gasteiger partial charge < -0.3 is 10.8 Å². The Labute approximate surface area is 82.5 Å². The quantitative estimate of drug-likeness (QED) is 0.768. The number of aliphatic hydroxyl groups excluding tert-OH is 1. The molecule has 1 unspecified atom stereocenters. The normalized spacial score (nSPS) is 13.3. The minimum absolute atomic E-state index is 0.0996. The van der Waals surface area contributed by atoms with Crippen LogP contribution in [0.4, 0.5) is 5.82 Å². The summed E-state index contributed by atoms with van der Waals surface area (Å²) in [5.41, 5.74) is 6.20. The predicted octanol–water partition coefficient (Wildman–Crippen LogP) is 2.01. The van der Waals surface area contributed by atoms with Gasteiger partial charge in [-0.3, -0.25) is 0 Å². The van der Waals surface area contributed by atoms with Gasteiger partial charge in [-0.1, -0.05) is 25.4 Å². The first kappa shape index (κ1) is 10.3. The summed E-state index contributed by atoms with van der Waals surface area (Å²) in [6, 6.07) is 1.65. The Hall–Kier alpha value is -0.800. The van der Waals surface area contributed by atoms with E-state index in [0.29, 0.717) is 16.4 Å². The monoisotopic (exact) mass is 200 g/mol. The Morgan fingerprint density at radius 3 is 2.69 bits per heavy atom. The number of aromatic nitrogens is 1. The molecule has 0 aromatic carbocycles. The van der Waals surface area contributed by atoms with Crippen LogP contribution in [0.2, 0.25) is 5.02 Å². The summed E-state index contributed by atoms with van der Waals surface area (Å²) in [5.74, 6) is 0.438. The van der Waals surface area contributed by atoms with Gasteiger partial charge in [0.15, 0.2) is 0 Å². The highest BCUT2D eigenvalue weighted by Gasteiger charge is 2.15. The Morgan fingerprint density at radius 1 is 1.54 bits per heavy atom. The van der Waals surface area contributed by atoms with E-state index in [2.05, 4.69) is 4.98 Å². The topological polar surface area (TPSA) is 59.1 Å². The van der Waals surface area contributed by atoms with E-state index in [1.165, 1.54) is 6.20 Å². The lowest BCUT2D eigenvalue weighted by Crippen LogP contribution is -2.09. The summed E-state index contributed by atoms with van der Waals surface area (Å²) in [6.07, 6.45) is 0.860. The van der Waals surface area contributed by atoms with Gasteiger partial charge in [0.05, 0.1) is 11.1 Å². The van der Waals surface area contributed by atoms with Crippen molar-refractivity contribution in [1.29, 1.82) is 0 Å². The molecule has 0 saturated carbocycles. The van der Waals surface area contributed by atoms with Crippen molar-refractivity contribution in [2.24, 2.45) is 5.92 Å². The Bertz CT molecular complexity index is 302. The fraction of sp³-hybridized carbons (Fsp3) is 0.444. The second-order valence-corrected chi connectivity index (χ2v) is 3.75. The van der Waals surface area contributed by atoms with Crippen LogP contribution in [-0.2, 0) is 0 Å². The molecule has 0 spiro atoms. The van der Waals surface area contributed by atoms with Crippen LogP contribution in [0.3, 0.4) is 0 Å². The second kappa shape index (κ2) is 3.94. The van der Waals surface area contributed by atoms with Gasteiger partial charge in [0.25, 0.3) is 0 Å². The number of hydrogen-bond donors (Lipinski definition) is 2. The number of aliphatic hydroxyl groups is 1. The number of anilines is 1. The Morgan fingerprint density at radius 2 is 2.15 bits per heavy atom. The molecule has 1 aromatic heterocycles. The van der Waals surface area contributed by atoms with Crippen LogP contribution < -0.4 is 5.73 Å². The molecule has 0 aliphatic heterocycles. The highest BCUT2D eigenvalue weighted by molar-refractivity contribution is 6.30. The number of halogens is 1. The number of hydrogen-bond acceptors (Lipinski definition) is 3. The summed E-state index contributed by atoms with van der Waals surface area (Å²) in [6.45, 7) is 3.82. The number of nitrogens with two attached hydrogens (primary N) is 1. The molecule has 1 aromatic rings. The van der Waals surface area contributed by atoms with Gasteiger partial charge >= 0.3 is 0 Å². The van der Waals surface area contributed by atoms with E-state index in [1.54, 1.807) is 6.07 Å². The lowest BCUT2D eigenvalue weighted by molar-refractivity contribution is 0.127. The van der Waals surface area contributed by atoms with E-state index in [4.69, 9.17) is 17.3 Å².